The van der Waals surface area contributed by atoms with E-state index in [4.69, 9.17) is 9.47 Å². The van der Waals surface area contributed by atoms with Gasteiger partial charge in [0.05, 0.1) is 29.4 Å². The van der Waals surface area contributed by atoms with Gasteiger partial charge in [0.15, 0.2) is 0 Å². The summed E-state index contributed by atoms with van der Waals surface area (Å²) in [5.74, 6) is -0.989. The summed E-state index contributed by atoms with van der Waals surface area (Å²) in [6.45, 7) is 3.17. The average molecular weight is 463 g/mol. The van der Waals surface area contributed by atoms with E-state index in [-0.39, 0.29) is 22.9 Å². The van der Waals surface area contributed by atoms with E-state index < -0.39 is 16.0 Å². The predicted octanol–water partition coefficient (Wildman–Crippen LogP) is 3.19. The smallest absolute Gasteiger partial charge is 0.340 e. The van der Waals surface area contributed by atoms with Gasteiger partial charge >= 0.3 is 5.97 Å². The van der Waals surface area contributed by atoms with Gasteiger partial charge in [-0.25, -0.2) is 17.6 Å². The highest BCUT2D eigenvalue weighted by Gasteiger charge is 2.29. The molecule has 0 atom stereocenters. The molecule has 0 radical (unpaired) electrons. The van der Waals surface area contributed by atoms with Crippen molar-refractivity contribution < 1.29 is 27.1 Å². The highest BCUT2D eigenvalue weighted by atomic mass is 32.2. The van der Waals surface area contributed by atoms with Gasteiger partial charge in [0.2, 0.25) is 10.0 Å². The zero-order valence-electron chi connectivity index (χ0n) is 17.8. The molecule has 4 rings (SSSR count). The summed E-state index contributed by atoms with van der Waals surface area (Å²) in [4.78, 5) is 15.1. The quantitative estimate of drug-likeness (QED) is 0.614. The van der Waals surface area contributed by atoms with Crippen molar-refractivity contribution in [2.45, 2.75) is 30.8 Å². The fourth-order valence-corrected chi connectivity index (χ4v) is 5.52. The molecule has 0 unspecified atom stereocenters. The SMILES string of the molecule is O=C(OCc1ccc(F)cc1)c1cc(S(=O)(=O)N2CCCCC2)ccc1N1CCOCC1. The van der Waals surface area contributed by atoms with Gasteiger partial charge in [0, 0.05) is 26.2 Å². The van der Waals surface area contributed by atoms with Crippen molar-refractivity contribution in [3.05, 3.63) is 59.4 Å². The fraction of sp³-hybridized carbons (Fsp3) is 0.435. The molecule has 0 bridgehead atoms. The summed E-state index contributed by atoms with van der Waals surface area (Å²) in [6, 6.07) is 10.3. The fourth-order valence-electron chi connectivity index (χ4n) is 3.98. The number of morpholine rings is 1. The number of benzene rings is 2. The zero-order valence-corrected chi connectivity index (χ0v) is 18.7. The first-order chi connectivity index (χ1) is 15.4. The largest absolute Gasteiger partial charge is 0.457 e. The van der Waals surface area contributed by atoms with E-state index in [1.54, 1.807) is 24.3 Å². The molecule has 7 nitrogen and oxygen atoms in total. The lowest BCUT2D eigenvalue weighted by Crippen LogP contribution is -2.38. The van der Waals surface area contributed by atoms with Crippen LogP contribution in [0.4, 0.5) is 10.1 Å². The van der Waals surface area contributed by atoms with Crippen LogP contribution in [0.25, 0.3) is 0 Å². The Kier molecular flexibility index (Phi) is 7.07. The van der Waals surface area contributed by atoms with Gasteiger partial charge in [-0.2, -0.15) is 4.31 Å². The van der Waals surface area contributed by atoms with Crippen LogP contribution in [0.5, 0.6) is 0 Å². The number of piperidine rings is 1. The normalized spacial score (nSPS) is 17.8. The minimum atomic E-state index is -3.70. The van der Waals surface area contributed by atoms with Crippen LogP contribution in [-0.2, 0) is 26.1 Å². The number of anilines is 1. The highest BCUT2D eigenvalue weighted by molar-refractivity contribution is 7.89. The topological polar surface area (TPSA) is 76.2 Å². The summed E-state index contributed by atoms with van der Waals surface area (Å²) in [6.07, 6.45) is 2.68. The molecule has 2 aromatic carbocycles. The van der Waals surface area contributed by atoms with E-state index in [1.807, 2.05) is 4.90 Å². The van der Waals surface area contributed by atoms with E-state index in [9.17, 15) is 17.6 Å². The van der Waals surface area contributed by atoms with E-state index in [2.05, 4.69) is 0 Å². The molecule has 2 aliphatic rings. The number of sulfonamides is 1. The van der Waals surface area contributed by atoms with Crippen molar-refractivity contribution in [3.8, 4) is 0 Å². The maximum absolute atomic E-state index is 13.2. The number of carbonyl (C=O) groups is 1. The molecule has 0 aromatic heterocycles. The van der Waals surface area contributed by atoms with Crippen LogP contribution in [0.1, 0.15) is 35.2 Å². The molecular weight excluding hydrogens is 435 g/mol. The molecule has 172 valence electrons. The van der Waals surface area contributed by atoms with Gasteiger partial charge in [-0.05, 0) is 48.7 Å². The Balaban J connectivity index is 1.62. The molecule has 9 heteroatoms. The standard InChI is InChI=1S/C23H27FN2O5S/c24-19-6-4-18(5-7-19)17-31-23(27)21-16-20(32(28,29)26-10-2-1-3-11-26)8-9-22(21)25-12-14-30-15-13-25/h4-9,16H,1-3,10-15,17H2. The molecule has 0 spiro atoms. The Labute approximate surface area is 187 Å². The first-order valence-corrected chi connectivity index (χ1v) is 12.3. The van der Waals surface area contributed by atoms with E-state index in [0.29, 0.717) is 50.6 Å². The maximum atomic E-state index is 13.2. The van der Waals surface area contributed by atoms with Crippen LogP contribution < -0.4 is 4.90 Å². The van der Waals surface area contributed by atoms with Crippen LogP contribution in [0.15, 0.2) is 47.4 Å². The molecule has 0 amide bonds. The second-order valence-corrected chi connectivity index (χ2v) is 9.88. The number of rotatable bonds is 6. The third-order valence-electron chi connectivity index (χ3n) is 5.78. The third kappa shape index (κ3) is 5.11. The number of hydrogen-bond acceptors (Lipinski definition) is 6. The lowest BCUT2D eigenvalue weighted by Gasteiger charge is -2.31. The van der Waals surface area contributed by atoms with Crippen molar-refractivity contribution in [1.82, 2.24) is 4.31 Å². The van der Waals surface area contributed by atoms with Crippen molar-refractivity contribution in [3.63, 3.8) is 0 Å². The lowest BCUT2D eigenvalue weighted by molar-refractivity contribution is 0.0472. The van der Waals surface area contributed by atoms with Crippen LogP contribution in [-0.4, -0.2) is 58.1 Å². The number of ether oxygens (including phenoxy) is 2. The van der Waals surface area contributed by atoms with E-state index >= 15 is 0 Å². The molecule has 2 heterocycles. The van der Waals surface area contributed by atoms with E-state index in [0.717, 1.165) is 19.3 Å². The van der Waals surface area contributed by atoms with Crippen LogP contribution in [0.3, 0.4) is 0 Å². The minimum Gasteiger partial charge on any atom is -0.457 e. The predicted molar refractivity (Wildman–Crippen MR) is 118 cm³/mol. The minimum absolute atomic E-state index is 0.0369. The molecule has 2 saturated heterocycles. The Morgan fingerprint density at radius 3 is 2.34 bits per heavy atom. The Hall–Kier alpha value is -2.49. The lowest BCUT2D eigenvalue weighted by atomic mass is 10.1. The molecular formula is C23H27FN2O5S. The summed E-state index contributed by atoms with van der Waals surface area (Å²) >= 11 is 0. The first-order valence-electron chi connectivity index (χ1n) is 10.8. The number of halogens is 1. The molecule has 0 saturated carbocycles. The van der Waals surface area contributed by atoms with Crippen molar-refractivity contribution in [2.75, 3.05) is 44.3 Å². The summed E-state index contributed by atoms with van der Waals surface area (Å²) in [5, 5.41) is 0. The van der Waals surface area contributed by atoms with Gasteiger partial charge in [-0.15, -0.1) is 0 Å². The number of nitrogens with zero attached hydrogens (tertiary/aromatic N) is 2. The summed E-state index contributed by atoms with van der Waals surface area (Å²) in [7, 11) is -3.70. The third-order valence-corrected chi connectivity index (χ3v) is 7.67. The second kappa shape index (κ2) is 9.97. The summed E-state index contributed by atoms with van der Waals surface area (Å²) in [5.41, 5.74) is 1.46. The number of carbonyl (C=O) groups excluding carboxylic acids is 1. The second-order valence-electron chi connectivity index (χ2n) is 7.95. The molecule has 2 aliphatic heterocycles. The van der Waals surface area contributed by atoms with Gasteiger partial charge in [-0.3, -0.25) is 0 Å². The van der Waals surface area contributed by atoms with E-state index in [1.165, 1.54) is 22.5 Å². The van der Waals surface area contributed by atoms with Crippen molar-refractivity contribution in [1.29, 1.82) is 0 Å². The molecule has 0 N–H and O–H groups in total. The maximum Gasteiger partial charge on any atom is 0.340 e. The Bertz CT molecular complexity index is 1050. The average Bonchev–Trinajstić information content (AvgIpc) is 2.84. The van der Waals surface area contributed by atoms with Crippen molar-refractivity contribution >= 4 is 21.7 Å². The van der Waals surface area contributed by atoms with Gasteiger partial charge in [0.25, 0.3) is 0 Å². The highest BCUT2D eigenvalue weighted by Crippen LogP contribution is 2.29. The zero-order chi connectivity index (χ0) is 22.6. The summed E-state index contributed by atoms with van der Waals surface area (Å²) < 4.78 is 51.8. The first kappa shape index (κ1) is 22.7. The molecule has 32 heavy (non-hydrogen) atoms. The van der Waals surface area contributed by atoms with Gasteiger partial charge in [0.1, 0.15) is 12.4 Å². The number of esters is 1. The number of hydrogen-bond donors (Lipinski definition) is 0. The van der Waals surface area contributed by atoms with Crippen LogP contribution in [0.2, 0.25) is 0 Å². The molecule has 0 aliphatic carbocycles. The van der Waals surface area contributed by atoms with Crippen molar-refractivity contribution in [2.24, 2.45) is 0 Å². The van der Waals surface area contributed by atoms with Crippen LogP contribution >= 0.6 is 0 Å². The monoisotopic (exact) mass is 462 g/mol. The molecule has 2 fully saturated rings. The van der Waals surface area contributed by atoms with Gasteiger partial charge in [-0.1, -0.05) is 18.6 Å². The van der Waals surface area contributed by atoms with Gasteiger partial charge < -0.3 is 14.4 Å². The van der Waals surface area contributed by atoms with Crippen LogP contribution in [0, 0.1) is 5.82 Å². The Morgan fingerprint density at radius 2 is 1.66 bits per heavy atom. The Morgan fingerprint density at radius 1 is 0.969 bits per heavy atom. The molecule has 2 aromatic rings.